The van der Waals surface area contributed by atoms with Gasteiger partial charge >= 0.3 is 0 Å². The van der Waals surface area contributed by atoms with Gasteiger partial charge in [0.05, 0.1) is 16.8 Å². The summed E-state index contributed by atoms with van der Waals surface area (Å²) in [5.41, 5.74) is 1.08. The van der Waals surface area contributed by atoms with Crippen molar-refractivity contribution in [3.05, 3.63) is 66.2 Å². The van der Waals surface area contributed by atoms with Gasteiger partial charge in [-0.2, -0.15) is 0 Å². The first kappa shape index (κ1) is 16.4. The molecule has 0 aliphatic carbocycles. The molecule has 0 aliphatic heterocycles. The third-order valence-corrected chi connectivity index (χ3v) is 5.34. The zero-order chi connectivity index (χ0) is 15.9. The lowest BCUT2D eigenvalue weighted by Gasteiger charge is -2.31. The van der Waals surface area contributed by atoms with E-state index >= 15 is 0 Å². The van der Waals surface area contributed by atoms with Gasteiger partial charge in [-0.1, -0.05) is 48.5 Å². The molecule has 0 saturated carbocycles. The quantitative estimate of drug-likeness (QED) is 0.734. The monoisotopic (exact) mass is 315 g/mol. The highest BCUT2D eigenvalue weighted by Crippen LogP contribution is 2.21. The Kier molecular flexibility index (Phi) is 5.90. The van der Waals surface area contributed by atoms with E-state index in [4.69, 9.17) is 0 Å². The zero-order valence-electron chi connectivity index (χ0n) is 12.9. The molecule has 2 rings (SSSR count). The molecule has 0 aromatic heterocycles. The molecule has 1 unspecified atom stereocenters. The summed E-state index contributed by atoms with van der Waals surface area (Å²) in [4.78, 5) is 14.0. The normalized spacial score (nSPS) is 14.8. The first-order chi connectivity index (χ1) is 10.6. The van der Waals surface area contributed by atoms with E-state index < -0.39 is 10.8 Å². The van der Waals surface area contributed by atoms with Crippen molar-refractivity contribution < 1.29 is 9.00 Å². The molecular formula is C18H21NO2S. The summed E-state index contributed by atoms with van der Waals surface area (Å²) in [5.74, 6) is 0.430. The molecule has 1 amide bonds. The zero-order valence-corrected chi connectivity index (χ0v) is 13.7. The fraction of sp³-hybridized carbons (Fsp3) is 0.278. The molecule has 0 aliphatic rings. The van der Waals surface area contributed by atoms with Crippen LogP contribution in [0.4, 0.5) is 0 Å². The summed E-state index contributed by atoms with van der Waals surface area (Å²) in [7, 11) is -1.11. The van der Waals surface area contributed by atoms with Crippen molar-refractivity contribution in [3.63, 3.8) is 0 Å². The lowest BCUT2D eigenvalue weighted by atomic mass is 10.1. The molecule has 0 spiro atoms. The van der Waals surface area contributed by atoms with Crippen molar-refractivity contribution in [1.29, 1.82) is 0 Å². The first-order valence-electron chi connectivity index (χ1n) is 7.34. The summed E-state index contributed by atoms with van der Waals surface area (Å²) in [5, 5.41) is 0. The summed E-state index contributed by atoms with van der Waals surface area (Å²) in [6.07, 6.45) is 0.852. The van der Waals surface area contributed by atoms with Crippen LogP contribution in [0.5, 0.6) is 0 Å². The second-order valence-electron chi connectivity index (χ2n) is 5.31. The van der Waals surface area contributed by atoms with Crippen LogP contribution < -0.4 is 0 Å². The largest absolute Gasteiger partial charge is 0.335 e. The molecule has 4 heteroatoms. The molecule has 3 nitrogen and oxygen atoms in total. The molecule has 0 radical (unpaired) electrons. The smallest absolute Gasteiger partial charge is 0.210 e. The van der Waals surface area contributed by atoms with E-state index in [0.29, 0.717) is 5.75 Å². The Balaban J connectivity index is 2.07. The number of carbonyl (C=O) groups excluding carboxylic acids is 1. The molecular weight excluding hydrogens is 294 g/mol. The number of nitrogens with zero attached hydrogens (tertiary/aromatic N) is 1. The van der Waals surface area contributed by atoms with Gasteiger partial charge in [0.25, 0.3) is 0 Å². The highest BCUT2D eigenvalue weighted by atomic mass is 32.2. The van der Waals surface area contributed by atoms with E-state index in [0.717, 1.165) is 16.9 Å². The fourth-order valence-electron chi connectivity index (χ4n) is 2.45. The van der Waals surface area contributed by atoms with Gasteiger partial charge in [0.15, 0.2) is 0 Å². The molecule has 22 heavy (non-hydrogen) atoms. The third-order valence-electron chi connectivity index (χ3n) is 3.76. The maximum atomic E-state index is 12.4. The lowest BCUT2D eigenvalue weighted by Crippen LogP contribution is -2.37. The van der Waals surface area contributed by atoms with Crippen LogP contribution in [0.2, 0.25) is 0 Å². The van der Waals surface area contributed by atoms with Crippen LogP contribution in [0.25, 0.3) is 0 Å². The van der Waals surface area contributed by atoms with E-state index in [9.17, 15) is 9.00 Å². The van der Waals surface area contributed by atoms with E-state index in [1.54, 1.807) is 4.90 Å². The minimum Gasteiger partial charge on any atom is -0.335 e. The van der Waals surface area contributed by atoms with Gasteiger partial charge in [-0.25, -0.2) is 0 Å². The van der Waals surface area contributed by atoms with Gasteiger partial charge in [-0.3, -0.25) is 9.00 Å². The summed E-state index contributed by atoms with van der Waals surface area (Å²) in [6.45, 7) is 3.93. The summed E-state index contributed by atoms with van der Waals surface area (Å²) >= 11 is 0. The SMILES string of the molecule is C[C@H](CS(=O)c1ccccc1)N(C=O)[C@@H](C)c1ccccc1. The van der Waals surface area contributed by atoms with E-state index in [1.807, 2.05) is 74.5 Å². The molecule has 0 bridgehead atoms. The fourth-order valence-corrected chi connectivity index (χ4v) is 3.72. The van der Waals surface area contributed by atoms with Crippen LogP contribution in [-0.4, -0.2) is 27.3 Å². The lowest BCUT2D eigenvalue weighted by molar-refractivity contribution is -0.121. The Labute approximate surface area is 134 Å². The number of amides is 1. The van der Waals surface area contributed by atoms with Crippen molar-refractivity contribution >= 4 is 17.2 Å². The molecule has 2 aromatic carbocycles. The Bertz CT molecular complexity index is 615. The maximum absolute atomic E-state index is 12.4. The van der Waals surface area contributed by atoms with Crippen molar-refractivity contribution in [3.8, 4) is 0 Å². The number of hydrogen-bond donors (Lipinski definition) is 0. The predicted octanol–water partition coefficient (Wildman–Crippen LogP) is 3.40. The van der Waals surface area contributed by atoms with Crippen molar-refractivity contribution in [2.75, 3.05) is 5.75 Å². The Morgan fingerprint density at radius 2 is 1.55 bits per heavy atom. The Hall–Kier alpha value is -1.94. The van der Waals surface area contributed by atoms with Gasteiger partial charge < -0.3 is 4.90 Å². The van der Waals surface area contributed by atoms with Crippen LogP contribution in [-0.2, 0) is 15.6 Å². The van der Waals surface area contributed by atoms with Gasteiger partial charge in [-0.05, 0) is 31.5 Å². The van der Waals surface area contributed by atoms with Crippen molar-refractivity contribution in [2.45, 2.75) is 30.8 Å². The molecule has 0 heterocycles. The molecule has 2 aromatic rings. The molecule has 0 fully saturated rings. The average molecular weight is 315 g/mol. The Morgan fingerprint density at radius 1 is 1.00 bits per heavy atom. The van der Waals surface area contributed by atoms with Gasteiger partial charge in [0, 0.05) is 16.7 Å². The van der Waals surface area contributed by atoms with Crippen LogP contribution in [0.1, 0.15) is 25.5 Å². The van der Waals surface area contributed by atoms with Crippen LogP contribution in [0.15, 0.2) is 65.6 Å². The van der Waals surface area contributed by atoms with Crippen LogP contribution in [0, 0.1) is 0 Å². The maximum Gasteiger partial charge on any atom is 0.210 e. The number of carbonyl (C=O) groups is 1. The minimum atomic E-state index is -1.11. The summed E-state index contributed by atoms with van der Waals surface area (Å²) < 4.78 is 12.4. The second-order valence-corrected chi connectivity index (χ2v) is 6.81. The predicted molar refractivity (Wildman–Crippen MR) is 89.9 cm³/mol. The minimum absolute atomic E-state index is 0.0403. The standard InChI is InChI=1S/C18H21NO2S/c1-15(13-22(21)18-11-7-4-8-12-18)19(14-20)16(2)17-9-5-3-6-10-17/h3-12,14-16H,13H2,1-2H3/t15-,16+,22?/m1/s1. The molecule has 3 atom stereocenters. The van der Waals surface area contributed by atoms with Crippen LogP contribution >= 0.6 is 0 Å². The average Bonchev–Trinajstić information content (AvgIpc) is 2.57. The topological polar surface area (TPSA) is 37.4 Å². The van der Waals surface area contributed by atoms with Gasteiger partial charge in [0.2, 0.25) is 6.41 Å². The number of hydrogen-bond acceptors (Lipinski definition) is 2. The Morgan fingerprint density at radius 3 is 2.09 bits per heavy atom. The summed E-state index contributed by atoms with van der Waals surface area (Å²) in [6, 6.07) is 19.1. The third kappa shape index (κ3) is 4.04. The molecule has 0 N–H and O–H groups in total. The van der Waals surface area contributed by atoms with Crippen molar-refractivity contribution in [2.24, 2.45) is 0 Å². The molecule has 116 valence electrons. The number of rotatable bonds is 7. The number of benzene rings is 2. The van der Waals surface area contributed by atoms with Gasteiger partial charge in [-0.15, -0.1) is 0 Å². The van der Waals surface area contributed by atoms with Gasteiger partial charge in [0.1, 0.15) is 0 Å². The molecule has 0 saturated heterocycles. The highest BCUT2D eigenvalue weighted by molar-refractivity contribution is 7.85. The van der Waals surface area contributed by atoms with Crippen molar-refractivity contribution in [1.82, 2.24) is 4.90 Å². The van der Waals surface area contributed by atoms with E-state index in [2.05, 4.69) is 0 Å². The van der Waals surface area contributed by atoms with E-state index in [1.165, 1.54) is 0 Å². The first-order valence-corrected chi connectivity index (χ1v) is 8.66. The van der Waals surface area contributed by atoms with Crippen LogP contribution in [0.3, 0.4) is 0 Å². The highest BCUT2D eigenvalue weighted by Gasteiger charge is 2.21. The van der Waals surface area contributed by atoms with E-state index in [-0.39, 0.29) is 12.1 Å². The second kappa shape index (κ2) is 7.90.